The molecule has 21 heavy (non-hydrogen) atoms. The summed E-state index contributed by atoms with van der Waals surface area (Å²) in [4.78, 5) is 12.1. The lowest BCUT2D eigenvalue weighted by Crippen LogP contribution is -2.12. The minimum absolute atomic E-state index is 0.110. The van der Waals surface area contributed by atoms with Crippen LogP contribution in [0, 0.1) is 11.3 Å². The Balaban J connectivity index is 2.12. The molecule has 0 aromatic heterocycles. The van der Waals surface area contributed by atoms with Gasteiger partial charge in [0.05, 0.1) is 18.7 Å². The van der Waals surface area contributed by atoms with Gasteiger partial charge in [0.15, 0.2) is 6.61 Å². The molecule has 4 nitrogen and oxygen atoms in total. The van der Waals surface area contributed by atoms with Crippen molar-refractivity contribution < 1.29 is 14.3 Å². The summed E-state index contributed by atoms with van der Waals surface area (Å²) < 4.78 is 11.3. The van der Waals surface area contributed by atoms with E-state index in [9.17, 15) is 4.79 Å². The second kappa shape index (κ2) is 6.91. The topological polar surface area (TPSA) is 59.3 Å². The van der Waals surface area contributed by atoms with Crippen LogP contribution < -0.4 is 9.47 Å². The second-order valence-electron chi connectivity index (χ2n) is 4.20. The Morgan fingerprint density at radius 1 is 1.24 bits per heavy atom. The fourth-order valence-corrected chi connectivity index (χ4v) is 2.26. The van der Waals surface area contributed by atoms with Gasteiger partial charge in [-0.25, -0.2) is 0 Å². The van der Waals surface area contributed by atoms with Crippen LogP contribution >= 0.6 is 15.9 Å². The zero-order valence-electron chi connectivity index (χ0n) is 11.3. The molecule has 0 N–H and O–H groups in total. The van der Waals surface area contributed by atoms with Crippen LogP contribution in [0.15, 0.2) is 46.9 Å². The molecule has 0 amide bonds. The number of hydrogen-bond acceptors (Lipinski definition) is 4. The van der Waals surface area contributed by atoms with Gasteiger partial charge in [0, 0.05) is 16.1 Å². The van der Waals surface area contributed by atoms with Crippen LogP contribution in [0.1, 0.15) is 15.9 Å². The highest BCUT2D eigenvalue weighted by atomic mass is 79.9. The average Bonchev–Trinajstić information content (AvgIpc) is 2.52. The van der Waals surface area contributed by atoms with Gasteiger partial charge in [0.25, 0.3) is 0 Å². The Morgan fingerprint density at radius 3 is 2.62 bits per heavy atom. The first-order valence-corrected chi connectivity index (χ1v) is 6.93. The molecule has 0 bridgehead atoms. The summed E-state index contributed by atoms with van der Waals surface area (Å²) in [6.07, 6.45) is 0. The third kappa shape index (κ3) is 3.83. The van der Waals surface area contributed by atoms with Crippen molar-refractivity contribution >= 4 is 21.7 Å². The minimum atomic E-state index is -0.149. The van der Waals surface area contributed by atoms with Crippen molar-refractivity contribution in [1.29, 1.82) is 5.26 Å². The van der Waals surface area contributed by atoms with Crippen molar-refractivity contribution in [3.8, 4) is 17.6 Å². The number of rotatable bonds is 5. The molecule has 0 aliphatic heterocycles. The van der Waals surface area contributed by atoms with E-state index in [2.05, 4.69) is 15.9 Å². The maximum absolute atomic E-state index is 12.1. The highest BCUT2D eigenvalue weighted by molar-refractivity contribution is 9.10. The Bertz CT molecular complexity index is 707. The molecule has 2 aromatic carbocycles. The van der Waals surface area contributed by atoms with E-state index in [-0.39, 0.29) is 12.4 Å². The Kier molecular flexibility index (Phi) is 4.96. The molecular weight excluding hydrogens is 334 g/mol. The van der Waals surface area contributed by atoms with Gasteiger partial charge in [-0.1, -0.05) is 34.1 Å². The number of halogens is 1. The molecule has 0 radical (unpaired) electrons. The SMILES string of the molecule is COc1cc(C#N)cc(OCC(=O)c2ccccc2Br)c1. The summed E-state index contributed by atoms with van der Waals surface area (Å²) in [5.74, 6) is 0.785. The van der Waals surface area contributed by atoms with Gasteiger partial charge in [-0.2, -0.15) is 5.26 Å². The van der Waals surface area contributed by atoms with Gasteiger partial charge in [-0.05, 0) is 18.2 Å². The fraction of sp³-hybridized carbons (Fsp3) is 0.125. The summed E-state index contributed by atoms with van der Waals surface area (Å²) in [5, 5.41) is 8.94. The third-order valence-corrected chi connectivity index (χ3v) is 3.48. The number of nitrogens with zero attached hydrogens (tertiary/aromatic N) is 1. The number of nitriles is 1. The zero-order valence-corrected chi connectivity index (χ0v) is 12.9. The van der Waals surface area contributed by atoms with Crippen LogP contribution in [0.3, 0.4) is 0 Å². The van der Waals surface area contributed by atoms with E-state index >= 15 is 0 Å². The standard InChI is InChI=1S/C16H12BrNO3/c1-20-12-6-11(9-18)7-13(8-12)21-10-16(19)14-4-2-3-5-15(14)17/h2-8H,10H2,1H3. The summed E-state index contributed by atoms with van der Waals surface area (Å²) in [6, 6.07) is 14.0. The summed E-state index contributed by atoms with van der Waals surface area (Å²) in [6.45, 7) is -0.110. The van der Waals surface area contributed by atoms with Gasteiger partial charge in [-0.3, -0.25) is 4.79 Å². The van der Waals surface area contributed by atoms with Gasteiger partial charge in [-0.15, -0.1) is 0 Å². The summed E-state index contributed by atoms with van der Waals surface area (Å²) >= 11 is 3.33. The van der Waals surface area contributed by atoms with Gasteiger partial charge < -0.3 is 9.47 Å². The summed E-state index contributed by atoms with van der Waals surface area (Å²) in [5.41, 5.74) is 0.971. The monoisotopic (exact) mass is 345 g/mol. The zero-order chi connectivity index (χ0) is 15.2. The molecule has 106 valence electrons. The molecule has 0 fully saturated rings. The number of carbonyl (C=O) groups excluding carboxylic acids is 1. The van der Waals surface area contributed by atoms with Crippen LogP contribution in [0.2, 0.25) is 0 Å². The quantitative estimate of drug-likeness (QED) is 0.777. The maximum atomic E-state index is 12.1. The number of ether oxygens (including phenoxy) is 2. The van der Waals surface area contributed by atoms with Crippen molar-refractivity contribution in [2.24, 2.45) is 0 Å². The fourth-order valence-electron chi connectivity index (χ4n) is 1.75. The van der Waals surface area contributed by atoms with Crippen molar-refractivity contribution in [3.63, 3.8) is 0 Å². The Hall–Kier alpha value is -2.32. The lowest BCUT2D eigenvalue weighted by atomic mass is 10.1. The molecule has 2 rings (SSSR count). The summed E-state index contributed by atoms with van der Waals surface area (Å²) in [7, 11) is 1.51. The normalized spacial score (nSPS) is 9.76. The number of Topliss-reactive ketones (excluding diaryl/α,β-unsaturated/α-hetero) is 1. The van der Waals surface area contributed by atoms with E-state index in [0.29, 0.717) is 22.6 Å². The minimum Gasteiger partial charge on any atom is -0.497 e. The highest BCUT2D eigenvalue weighted by Crippen LogP contribution is 2.23. The van der Waals surface area contributed by atoms with Gasteiger partial charge in [0.1, 0.15) is 11.5 Å². The van der Waals surface area contributed by atoms with E-state index in [1.54, 1.807) is 36.4 Å². The van der Waals surface area contributed by atoms with Crippen molar-refractivity contribution in [2.75, 3.05) is 13.7 Å². The van der Waals surface area contributed by atoms with Crippen LogP contribution in [0.5, 0.6) is 11.5 Å². The third-order valence-electron chi connectivity index (χ3n) is 2.79. The van der Waals surface area contributed by atoms with E-state index in [4.69, 9.17) is 14.7 Å². The van der Waals surface area contributed by atoms with Gasteiger partial charge in [0.2, 0.25) is 5.78 Å². The molecule has 0 saturated heterocycles. The second-order valence-corrected chi connectivity index (χ2v) is 5.06. The molecule has 5 heteroatoms. The first kappa shape index (κ1) is 15.1. The number of methoxy groups -OCH3 is 1. The molecule has 0 heterocycles. The number of benzene rings is 2. The molecule has 0 aliphatic rings. The van der Waals surface area contributed by atoms with Crippen LogP contribution in [-0.2, 0) is 0 Å². The molecule has 0 saturated carbocycles. The largest absolute Gasteiger partial charge is 0.497 e. The predicted molar refractivity (Wildman–Crippen MR) is 81.7 cm³/mol. The molecule has 0 aliphatic carbocycles. The van der Waals surface area contributed by atoms with Crippen LogP contribution in [0.4, 0.5) is 0 Å². The number of ketones is 1. The first-order chi connectivity index (χ1) is 10.1. The molecule has 0 atom stereocenters. The molecule has 0 spiro atoms. The van der Waals surface area contributed by atoms with E-state index in [0.717, 1.165) is 4.47 Å². The number of carbonyl (C=O) groups is 1. The highest BCUT2D eigenvalue weighted by Gasteiger charge is 2.11. The Labute approximate surface area is 131 Å². The van der Waals surface area contributed by atoms with Crippen molar-refractivity contribution in [1.82, 2.24) is 0 Å². The molecule has 0 unspecified atom stereocenters. The van der Waals surface area contributed by atoms with E-state index in [1.807, 2.05) is 12.1 Å². The van der Waals surface area contributed by atoms with Crippen LogP contribution in [-0.4, -0.2) is 19.5 Å². The van der Waals surface area contributed by atoms with Gasteiger partial charge >= 0.3 is 0 Å². The predicted octanol–water partition coefficient (Wildman–Crippen LogP) is 3.59. The smallest absolute Gasteiger partial charge is 0.201 e. The molecular formula is C16H12BrNO3. The first-order valence-electron chi connectivity index (χ1n) is 6.13. The molecule has 2 aromatic rings. The average molecular weight is 346 g/mol. The van der Waals surface area contributed by atoms with E-state index in [1.165, 1.54) is 7.11 Å². The lowest BCUT2D eigenvalue weighted by Gasteiger charge is -2.08. The van der Waals surface area contributed by atoms with Crippen molar-refractivity contribution in [3.05, 3.63) is 58.1 Å². The van der Waals surface area contributed by atoms with Crippen molar-refractivity contribution in [2.45, 2.75) is 0 Å². The lowest BCUT2D eigenvalue weighted by molar-refractivity contribution is 0.0920. The van der Waals surface area contributed by atoms with Crippen LogP contribution in [0.25, 0.3) is 0 Å². The maximum Gasteiger partial charge on any atom is 0.201 e. The van der Waals surface area contributed by atoms with E-state index < -0.39 is 0 Å². The number of hydrogen-bond donors (Lipinski definition) is 0. The Morgan fingerprint density at radius 2 is 1.95 bits per heavy atom.